The summed E-state index contributed by atoms with van der Waals surface area (Å²) in [6.07, 6.45) is 5.55. The molecule has 2 saturated heterocycles. The number of amides is 2. The number of piperidine rings is 1. The van der Waals surface area contributed by atoms with Gasteiger partial charge >= 0.3 is 6.03 Å². The molecule has 2 aliphatic rings. The van der Waals surface area contributed by atoms with E-state index in [1.165, 1.54) is 42.6 Å². The standard InChI is InChI=1S/C25H32ClN3O/c26-24-9-7-22(8-10-24)23-12-17-29(18-13-23)25(30)27-14-11-20-3-5-21(6-4-20)19-28-15-1-2-16-28/h3-10,23H,1-2,11-19H2,(H,27,30). The molecule has 0 unspecified atom stereocenters. The first-order chi connectivity index (χ1) is 14.7. The number of nitrogens with one attached hydrogen (secondary N) is 1. The van der Waals surface area contributed by atoms with Crippen molar-refractivity contribution < 1.29 is 4.79 Å². The number of hydrogen-bond donors (Lipinski definition) is 1. The van der Waals surface area contributed by atoms with Crippen LogP contribution in [0.15, 0.2) is 48.5 Å². The summed E-state index contributed by atoms with van der Waals surface area (Å²) in [7, 11) is 0. The molecule has 5 heteroatoms. The smallest absolute Gasteiger partial charge is 0.317 e. The summed E-state index contributed by atoms with van der Waals surface area (Å²) in [5.41, 5.74) is 3.99. The highest BCUT2D eigenvalue weighted by Crippen LogP contribution is 2.28. The monoisotopic (exact) mass is 425 g/mol. The second-order valence-electron chi connectivity index (χ2n) is 8.59. The number of hydrogen-bond acceptors (Lipinski definition) is 2. The molecule has 0 aromatic heterocycles. The SMILES string of the molecule is O=C(NCCc1ccc(CN2CCCC2)cc1)N1CCC(c2ccc(Cl)cc2)CC1. The fourth-order valence-electron chi connectivity index (χ4n) is 4.59. The van der Waals surface area contributed by atoms with Crippen LogP contribution in [0.3, 0.4) is 0 Å². The molecule has 2 heterocycles. The summed E-state index contributed by atoms with van der Waals surface area (Å²) in [6.45, 7) is 5.81. The third-order valence-corrected chi connectivity index (χ3v) is 6.69. The number of carbonyl (C=O) groups is 1. The van der Waals surface area contributed by atoms with Crippen LogP contribution in [0.5, 0.6) is 0 Å². The third kappa shape index (κ3) is 5.77. The maximum atomic E-state index is 12.5. The van der Waals surface area contributed by atoms with E-state index in [0.717, 1.165) is 43.9 Å². The Morgan fingerprint density at radius 2 is 1.53 bits per heavy atom. The van der Waals surface area contributed by atoms with E-state index >= 15 is 0 Å². The van der Waals surface area contributed by atoms with Gasteiger partial charge in [0.2, 0.25) is 0 Å². The van der Waals surface area contributed by atoms with Gasteiger partial charge in [-0.1, -0.05) is 48.0 Å². The normalized spacial score (nSPS) is 18.0. The Morgan fingerprint density at radius 1 is 0.900 bits per heavy atom. The molecule has 0 atom stereocenters. The minimum Gasteiger partial charge on any atom is -0.338 e. The Bertz CT molecular complexity index is 807. The molecule has 2 aliphatic heterocycles. The lowest BCUT2D eigenvalue weighted by atomic mass is 9.89. The van der Waals surface area contributed by atoms with Crippen LogP contribution in [0, 0.1) is 0 Å². The second-order valence-corrected chi connectivity index (χ2v) is 9.03. The van der Waals surface area contributed by atoms with Crippen molar-refractivity contribution in [3.05, 3.63) is 70.2 Å². The molecule has 4 rings (SSSR count). The molecule has 2 fully saturated rings. The van der Waals surface area contributed by atoms with Gasteiger partial charge < -0.3 is 10.2 Å². The van der Waals surface area contributed by atoms with Gasteiger partial charge in [-0.2, -0.15) is 0 Å². The van der Waals surface area contributed by atoms with E-state index in [9.17, 15) is 4.79 Å². The average molecular weight is 426 g/mol. The number of rotatable bonds is 6. The molecular weight excluding hydrogens is 394 g/mol. The van der Waals surface area contributed by atoms with Gasteiger partial charge in [0.1, 0.15) is 0 Å². The Hall–Kier alpha value is -2.04. The molecule has 30 heavy (non-hydrogen) atoms. The van der Waals surface area contributed by atoms with Gasteiger partial charge in [-0.25, -0.2) is 4.79 Å². The molecule has 0 radical (unpaired) electrons. The number of urea groups is 1. The zero-order valence-electron chi connectivity index (χ0n) is 17.7. The molecule has 0 bridgehead atoms. The lowest BCUT2D eigenvalue weighted by Crippen LogP contribution is -2.44. The molecule has 1 N–H and O–H groups in total. The van der Waals surface area contributed by atoms with Crippen molar-refractivity contribution in [3.63, 3.8) is 0 Å². The first kappa shape index (κ1) is 21.2. The van der Waals surface area contributed by atoms with E-state index in [1.54, 1.807) is 0 Å². The summed E-state index contributed by atoms with van der Waals surface area (Å²) in [4.78, 5) is 17.0. The van der Waals surface area contributed by atoms with E-state index in [0.29, 0.717) is 12.5 Å². The molecule has 4 nitrogen and oxygen atoms in total. The molecular formula is C25H32ClN3O. The first-order valence-electron chi connectivity index (χ1n) is 11.3. The van der Waals surface area contributed by atoms with Gasteiger partial charge in [-0.15, -0.1) is 0 Å². The van der Waals surface area contributed by atoms with Gasteiger partial charge in [0.15, 0.2) is 0 Å². The molecule has 0 aliphatic carbocycles. The average Bonchev–Trinajstić information content (AvgIpc) is 3.29. The summed E-state index contributed by atoms with van der Waals surface area (Å²) in [6, 6.07) is 17.1. The highest BCUT2D eigenvalue weighted by molar-refractivity contribution is 6.30. The zero-order valence-corrected chi connectivity index (χ0v) is 18.4. The minimum atomic E-state index is 0.0650. The molecule has 2 amide bonds. The topological polar surface area (TPSA) is 35.6 Å². The zero-order chi connectivity index (χ0) is 20.8. The van der Waals surface area contributed by atoms with Crippen molar-refractivity contribution in [1.82, 2.24) is 15.1 Å². The van der Waals surface area contributed by atoms with Crippen LogP contribution in [-0.4, -0.2) is 48.6 Å². The summed E-state index contributed by atoms with van der Waals surface area (Å²) in [5.74, 6) is 0.519. The predicted octanol–water partition coefficient (Wildman–Crippen LogP) is 5.07. The molecule has 0 saturated carbocycles. The van der Waals surface area contributed by atoms with Gasteiger partial charge in [-0.3, -0.25) is 4.90 Å². The fraction of sp³-hybridized carbons (Fsp3) is 0.480. The van der Waals surface area contributed by atoms with Gasteiger partial charge in [0, 0.05) is 31.2 Å². The molecule has 160 valence electrons. The quantitative estimate of drug-likeness (QED) is 0.701. The number of halogens is 1. The molecule has 0 spiro atoms. The van der Waals surface area contributed by atoms with E-state index in [-0.39, 0.29) is 6.03 Å². The summed E-state index contributed by atoms with van der Waals surface area (Å²) in [5, 5.41) is 3.87. The van der Waals surface area contributed by atoms with Gasteiger partial charge in [-0.05, 0) is 79.9 Å². The molecule has 2 aromatic carbocycles. The highest BCUT2D eigenvalue weighted by Gasteiger charge is 2.23. The van der Waals surface area contributed by atoms with Crippen LogP contribution in [0.25, 0.3) is 0 Å². The Kier molecular flexibility index (Phi) is 7.29. The summed E-state index contributed by atoms with van der Waals surface area (Å²) < 4.78 is 0. The minimum absolute atomic E-state index is 0.0650. The first-order valence-corrected chi connectivity index (χ1v) is 11.6. The van der Waals surface area contributed by atoms with Crippen LogP contribution in [-0.2, 0) is 13.0 Å². The lowest BCUT2D eigenvalue weighted by molar-refractivity contribution is 0.181. The number of carbonyl (C=O) groups excluding carboxylic acids is 1. The van der Waals surface area contributed by atoms with Crippen molar-refractivity contribution in [2.45, 2.75) is 44.6 Å². The van der Waals surface area contributed by atoms with Crippen molar-refractivity contribution in [2.24, 2.45) is 0 Å². The summed E-state index contributed by atoms with van der Waals surface area (Å²) >= 11 is 5.99. The number of benzene rings is 2. The number of nitrogens with zero attached hydrogens (tertiary/aromatic N) is 2. The largest absolute Gasteiger partial charge is 0.338 e. The fourth-order valence-corrected chi connectivity index (χ4v) is 4.71. The van der Waals surface area contributed by atoms with Crippen LogP contribution in [0.2, 0.25) is 5.02 Å². The lowest BCUT2D eigenvalue weighted by Gasteiger charge is -2.32. The van der Waals surface area contributed by atoms with Crippen LogP contribution in [0.1, 0.15) is 48.3 Å². The van der Waals surface area contributed by atoms with Crippen molar-refractivity contribution >= 4 is 17.6 Å². The van der Waals surface area contributed by atoms with Crippen molar-refractivity contribution in [2.75, 3.05) is 32.7 Å². The van der Waals surface area contributed by atoms with Gasteiger partial charge in [0.25, 0.3) is 0 Å². The van der Waals surface area contributed by atoms with Crippen LogP contribution in [0.4, 0.5) is 4.79 Å². The second kappa shape index (κ2) is 10.3. The van der Waals surface area contributed by atoms with Gasteiger partial charge in [0.05, 0.1) is 0 Å². The molecule has 2 aromatic rings. The Labute approximate surface area is 185 Å². The van der Waals surface area contributed by atoms with Crippen LogP contribution < -0.4 is 5.32 Å². The third-order valence-electron chi connectivity index (χ3n) is 6.44. The van der Waals surface area contributed by atoms with Crippen LogP contribution >= 0.6 is 11.6 Å². The Balaban J connectivity index is 1.16. The van der Waals surface area contributed by atoms with E-state index in [1.807, 2.05) is 17.0 Å². The van der Waals surface area contributed by atoms with E-state index in [4.69, 9.17) is 11.6 Å². The van der Waals surface area contributed by atoms with E-state index < -0.39 is 0 Å². The Morgan fingerprint density at radius 3 is 2.20 bits per heavy atom. The maximum absolute atomic E-state index is 12.5. The maximum Gasteiger partial charge on any atom is 0.317 e. The predicted molar refractivity (Wildman–Crippen MR) is 123 cm³/mol. The number of likely N-dealkylation sites (tertiary alicyclic amines) is 2. The highest BCUT2D eigenvalue weighted by atomic mass is 35.5. The van der Waals surface area contributed by atoms with Crippen molar-refractivity contribution in [1.29, 1.82) is 0 Å². The van der Waals surface area contributed by atoms with Crippen molar-refractivity contribution in [3.8, 4) is 0 Å². The van der Waals surface area contributed by atoms with E-state index in [2.05, 4.69) is 46.6 Å².